The Morgan fingerprint density at radius 2 is 1.61 bits per heavy atom. The summed E-state index contributed by atoms with van der Waals surface area (Å²) in [5.41, 5.74) is 1.31. The average molecular weight is 401 g/mol. The van der Waals surface area contributed by atoms with E-state index < -0.39 is 30.3 Å². The lowest BCUT2D eigenvalue weighted by Crippen LogP contribution is -2.33. The highest BCUT2D eigenvalue weighted by Gasteiger charge is 2.19. The molecule has 1 heterocycles. The van der Waals surface area contributed by atoms with Gasteiger partial charge in [0.1, 0.15) is 11.6 Å². The Morgan fingerprint density at radius 1 is 0.964 bits per heavy atom. The maximum atomic E-state index is 13.2. The van der Waals surface area contributed by atoms with Crippen LogP contribution < -0.4 is 5.32 Å². The van der Waals surface area contributed by atoms with Gasteiger partial charge in [-0.15, -0.1) is 11.3 Å². The lowest BCUT2D eigenvalue weighted by Gasteiger charge is -2.18. The molecule has 0 fully saturated rings. The van der Waals surface area contributed by atoms with Crippen LogP contribution in [-0.4, -0.2) is 18.5 Å². The minimum absolute atomic E-state index is 0.0557. The van der Waals surface area contributed by atoms with Crippen LogP contribution in [0.3, 0.4) is 0 Å². The number of thiophene rings is 1. The molecule has 1 atom stereocenters. The summed E-state index contributed by atoms with van der Waals surface area (Å²) in [6.07, 6.45) is -0.0557. The zero-order chi connectivity index (χ0) is 19.9. The number of halogens is 2. The van der Waals surface area contributed by atoms with Crippen molar-refractivity contribution in [3.8, 4) is 0 Å². The molecular formula is C21H17F2NO3S. The van der Waals surface area contributed by atoms with E-state index in [4.69, 9.17) is 4.74 Å². The van der Waals surface area contributed by atoms with Crippen LogP contribution in [-0.2, 0) is 20.7 Å². The van der Waals surface area contributed by atoms with Gasteiger partial charge >= 0.3 is 5.97 Å². The molecule has 0 radical (unpaired) electrons. The van der Waals surface area contributed by atoms with E-state index in [9.17, 15) is 18.4 Å². The van der Waals surface area contributed by atoms with Crippen molar-refractivity contribution in [2.75, 3.05) is 6.61 Å². The maximum Gasteiger partial charge on any atom is 0.310 e. The molecule has 1 aromatic heterocycles. The summed E-state index contributed by atoms with van der Waals surface area (Å²) in [6, 6.07) is 14.6. The number of carbonyl (C=O) groups is 2. The van der Waals surface area contributed by atoms with Crippen molar-refractivity contribution in [1.29, 1.82) is 0 Å². The lowest BCUT2D eigenvalue weighted by atomic mass is 10.1. The summed E-state index contributed by atoms with van der Waals surface area (Å²) in [7, 11) is 0. The molecule has 0 saturated carbocycles. The molecule has 0 saturated heterocycles. The number of rotatable bonds is 7. The van der Waals surface area contributed by atoms with Gasteiger partial charge in [-0.2, -0.15) is 0 Å². The normalized spacial score (nSPS) is 11.6. The Bertz CT molecular complexity index is 925. The lowest BCUT2D eigenvalue weighted by molar-refractivity contribution is -0.148. The van der Waals surface area contributed by atoms with Crippen molar-refractivity contribution in [1.82, 2.24) is 5.32 Å². The van der Waals surface area contributed by atoms with Crippen LogP contribution in [0.25, 0.3) is 0 Å². The van der Waals surface area contributed by atoms with Crippen LogP contribution in [0.5, 0.6) is 0 Å². The van der Waals surface area contributed by atoms with E-state index in [1.54, 1.807) is 12.1 Å². The number of hydrogen-bond acceptors (Lipinski definition) is 4. The SMILES string of the molecule is O=C(COC(=O)Cc1ccc(F)cc1)N[C@@H](c1ccc(F)cc1)c1cccs1. The summed E-state index contributed by atoms with van der Waals surface area (Å²) in [4.78, 5) is 25.0. The van der Waals surface area contributed by atoms with Crippen LogP contribution in [0.15, 0.2) is 66.0 Å². The quantitative estimate of drug-likeness (QED) is 0.609. The summed E-state index contributed by atoms with van der Waals surface area (Å²) in [5.74, 6) is -1.82. The molecule has 0 aliphatic carbocycles. The molecule has 0 bridgehead atoms. The van der Waals surface area contributed by atoms with E-state index in [2.05, 4.69) is 5.32 Å². The number of amides is 1. The first-order chi connectivity index (χ1) is 13.5. The van der Waals surface area contributed by atoms with Crippen molar-refractivity contribution >= 4 is 23.2 Å². The van der Waals surface area contributed by atoms with Crippen molar-refractivity contribution in [2.45, 2.75) is 12.5 Å². The zero-order valence-electron chi connectivity index (χ0n) is 14.7. The Balaban J connectivity index is 1.58. The molecule has 0 unspecified atom stereocenters. The van der Waals surface area contributed by atoms with Gasteiger partial charge < -0.3 is 10.1 Å². The zero-order valence-corrected chi connectivity index (χ0v) is 15.5. The Hall–Kier alpha value is -3.06. The highest BCUT2D eigenvalue weighted by Crippen LogP contribution is 2.26. The number of nitrogens with one attached hydrogen (secondary N) is 1. The first-order valence-electron chi connectivity index (χ1n) is 8.49. The Morgan fingerprint density at radius 3 is 2.21 bits per heavy atom. The van der Waals surface area contributed by atoms with E-state index in [1.165, 1.54) is 47.7 Å². The number of benzene rings is 2. The van der Waals surface area contributed by atoms with Gasteiger partial charge in [-0.3, -0.25) is 9.59 Å². The molecule has 0 spiro atoms. The number of carbonyl (C=O) groups excluding carboxylic acids is 2. The fraction of sp³-hybridized carbons (Fsp3) is 0.143. The summed E-state index contributed by atoms with van der Waals surface area (Å²) >= 11 is 1.45. The molecule has 1 amide bonds. The van der Waals surface area contributed by atoms with E-state index in [0.29, 0.717) is 5.56 Å². The molecular weight excluding hydrogens is 384 g/mol. The minimum atomic E-state index is -0.587. The third-order valence-corrected chi connectivity index (χ3v) is 4.90. The second-order valence-corrected chi connectivity index (χ2v) is 7.01. The molecule has 4 nitrogen and oxygen atoms in total. The van der Waals surface area contributed by atoms with E-state index in [0.717, 1.165) is 10.4 Å². The Kier molecular flexibility index (Phi) is 6.49. The number of esters is 1. The molecule has 0 aliphatic heterocycles. The second-order valence-electron chi connectivity index (χ2n) is 6.03. The molecule has 3 aromatic rings. The Labute approximate surface area is 164 Å². The molecule has 28 heavy (non-hydrogen) atoms. The molecule has 2 aromatic carbocycles. The molecule has 7 heteroatoms. The third kappa shape index (κ3) is 5.47. The first kappa shape index (κ1) is 19.7. The largest absolute Gasteiger partial charge is 0.455 e. The monoisotopic (exact) mass is 401 g/mol. The van der Waals surface area contributed by atoms with Gasteiger partial charge in [0.25, 0.3) is 5.91 Å². The van der Waals surface area contributed by atoms with Crippen LogP contribution in [0, 0.1) is 11.6 Å². The van der Waals surface area contributed by atoms with Gasteiger partial charge in [-0.05, 0) is 46.8 Å². The van der Waals surface area contributed by atoms with Crippen LogP contribution in [0.4, 0.5) is 8.78 Å². The molecule has 0 aliphatic rings. The van der Waals surface area contributed by atoms with Crippen LogP contribution in [0.2, 0.25) is 0 Å². The molecule has 3 rings (SSSR count). The van der Waals surface area contributed by atoms with Crippen molar-refractivity contribution in [3.63, 3.8) is 0 Å². The standard InChI is InChI=1S/C21H17F2NO3S/c22-16-7-3-14(4-8-16)12-20(26)27-13-19(25)24-21(18-2-1-11-28-18)15-5-9-17(23)10-6-15/h1-11,21H,12-13H2,(H,24,25)/t21-/m0/s1. The fourth-order valence-corrected chi connectivity index (χ4v) is 3.40. The van der Waals surface area contributed by atoms with Gasteiger partial charge in [0, 0.05) is 4.88 Å². The molecule has 1 N–H and O–H groups in total. The van der Waals surface area contributed by atoms with Crippen molar-refractivity contribution < 1.29 is 23.1 Å². The summed E-state index contributed by atoms with van der Waals surface area (Å²) in [6.45, 7) is -0.441. The van der Waals surface area contributed by atoms with E-state index in [1.807, 2.05) is 17.5 Å². The van der Waals surface area contributed by atoms with Gasteiger partial charge in [-0.25, -0.2) is 8.78 Å². The van der Waals surface area contributed by atoms with Crippen molar-refractivity contribution in [3.05, 3.63) is 93.7 Å². The summed E-state index contributed by atoms with van der Waals surface area (Å²) < 4.78 is 31.1. The highest BCUT2D eigenvalue weighted by atomic mass is 32.1. The number of hydrogen-bond donors (Lipinski definition) is 1. The third-order valence-electron chi connectivity index (χ3n) is 3.96. The van der Waals surface area contributed by atoms with Gasteiger partial charge in [-0.1, -0.05) is 30.3 Å². The summed E-state index contributed by atoms with van der Waals surface area (Å²) in [5, 5.41) is 4.68. The topological polar surface area (TPSA) is 55.4 Å². The predicted octanol–water partition coefficient (Wildman–Crippen LogP) is 4.02. The average Bonchev–Trinajstić information content (AvgIpc) is 3.22. The number of ether oxygens (including phenoxy) is 1. The van der Waals surface area contributed by atoms with Crippen LogP contribution >= 0.6 is 11.3 Å². The van der Waals surface area contributed by atoms with Gasteiger partial charge in [0.2, 0.25) is 0 Å². The highest BCUT2D eigenvalue weighted by molar-refractivity contribution is 7.10. The fourth-order valence-electron chi connectivity index (χ4n) is 2.60. The first-order valence-corrected chi connectivity index (χ1v) is 9.37. The maximum absolute atomic E-state index is 13.2. The van der Waals surface area contributed by atoms with Crippen molar-refractivity contribution in [2.24, 2.45) is 0 Å². The van der Waals surface area contributed by atoms with Gasteiger partial charge in [0.15, 0.2) is 6.61 Å². The van der Waals surface area contributed by atoms with Crippen LogP contribution in [0.1, 0.15) is 22.0 Å². The minimum Gasteiger partial charge on any atom is -0.455 e. The van der Waals surface area contributed by atoms with Gasteiger partial charge in [0.05, 0.1) is 12.5 Å². The second kappa shape index (κ2) is 9.23. The molecule has 144 valence electrons. The van der Waals surface area contributed by atoms with E-state index in [-0.39, 0.29) is 12.2 Å². The predicted molar refractivity (Wildman–Crippen MR) is 102 cm³/mol. The smallest absolute Gasteiger partial charge is 0.310 e. The van der Waals surface area contributed by atoms with E-state index >= 15 is 0 Å².